The van der Waals surface area contributed by atoms with Gasteiger partial charge in [0.15, 0.2) is 20.7 Å². The van der Waals surface area contributed by atoms with Crippen LogP contribution in [-0.2, 0) is 15.6 Å². The molecule has 0 saturated heterocycles. The first-order valence-electron chi connectivity index (χ1n) is 6.13. The summed E-state index contributed by atoms with van der Waals surface area (Å²) < 4.78 is 50.9. The van der Waals surface area contributed by atoms with Crippen molar-refractivity contribution in [3.8, 4) is 0 Å². The fraction of sp³-hybridized carbons (Fsp3) is 0.0769. The highest BCUT2D eigenvalue weighted by atomic mass is 32.2. The lowest BCUT2D eigenvalue weighted by atomic mass is 10.2. The molecular weight excluding hydrogens is 314 g/mol. The number of halogens is 2. The monoisotopic (exact) mass is 324 g/mol. The Morgan fingerprint density at radius 1 is 1.14 bits per heavy atom. The molecule has 0 spiro atoms. The van der Waals surface area contributed by atoms with E-state index in [0.29, 0.717) is 11.6 Å². The fourth-order valence-corrected chi connectivity index (χ4v) is 3.32. The Labute approximate surface area is 123 Å². The van der Waals surface area contributed by atoms with Crippen molar-refractivity contribution in [2.75, 3.05) is 5.73 Å². The Hall–Kier alpha value is -2.55. The number of pyridine rings is 1. The molecule has 0 unspecified atom stereocenters. The normalized spacial score (nSPS) is 11.9. The lowest BCUT2D eigenvalue weighted by Gasteiger charge is -2.05. The minimum atomic E-state index is -3.87. The number of nitrogens with two attached hydrogens (primary N) is 1. The van der Waals surface area contributed by atoms with E-state index in [0.717, 1.165) is 12.1 Å². The molecule has 9 heteroatoms. The number of nitrogens with one attached hydrogen (secondary N) is 1. The highest BCUT2D eigenvalue weighted by Crippen LogP contribution is 2.21. The summed E-state index contributed by atoms with van der Waals surface area (Å²) in [6.07, 6.45) is 0. The second kappa shape index (κ2) is 5.02. The molecule has 3 aromatic rings. The number of hydrogen-bond donors (Lipinski definition) is 2. The molecule has 114 valence electrons. The predicted octanol–water partition coefficient (Wildman–Crippen LogP) is 1.79. The van der Waals surface area contributed by atoms with Crippen LogP contribution in [0.3, 0.4) is 0 Å². The van der Waals surface area contributed by atoms with Gasteiger partial charge in [-0.2, -0.15) is 5.10 Å². The number of rotatable bonds is 3. The largest absolute Gasteiger partial charge is 0.380 e. The number of fused-ring (bicyclic) bond motifs is 1. The van der Waals surface area contributed by atoms with E-state index in [9.17, 15) is 17.2 Å². The molecule has 0 amide bonds. The highest BCUT2D eigenvalue weighted by Gasteiger charge is 2.19. The van der Waals surface area contributed by atoms with Crippen LogP contribution in [0.5, 0.6) is 0 Å². The summed E-state index contributed by atoms with van der Waals surface area (Å²) in [6.45, 7) is 0. The first kappa shape index (κ1) is 14.4. The molecule has 2 heterocycles. The van der Waals surface area contributed by atoms with E-state index in [-0.39, 0.29) is 21.9 Å². The lowest BCUT2D eigenvalue weighted by Crippen LogP contribution is -2.08. The molecule has 0 saturated carbocycles. The molecule has 22 heavy (non-hydrogen) atoms. The number of sulfone groups is 1. The third kappa shape index (κ3) is 2.62. The van der Waals surface area contributed by atoms with Gasteiger partial charge in [0.2, 0.25) is 0 Å². The second-order valence-corrected chi connectivity index (χ2v) is 6.63. The molecule has 1 aromatic carbocycles. The molecule has 0 aliphatic carbocycles. The van der Waals surface area contributed by atoms with Crippen LogP contribution in [0, 0.1) is 11.6 Å². The van der Waals surface area contributed by atoms with Gasteiger partial charge >= 0.3 is 0 Å². The lowest BCUT2D eigenvalue weighted by molar-refractivity contribution is 0.578. The quantitative estimate of drug-likeness (QED) is 0.765. The van der Waals surface area contributed by atoms with E-state index in [2.05, 4.69) is 15.2 Å². The summed E-state index contributed by atoms with van der Waals surface area (Å²) in [4.78, 5) is 3.95. The van der Waals surface area contributed by atoms with Crippen molar-refractivity contribution in [3.63, 3.8) is 0 Å². The predicted molar refractivity (Wildman–Crippen MR) is 75.5 cm³/mol. The van der Waals surface area contributed by atoms with Gasteiger partial charge < -0.3 is 5.73 Å². The molecule has 0 aliphatic rings. The zero-order chi connectivity index (χ0) is 15.9. The molecule has 0 bridgehead atoms. The summed E-state index contributed by atoms with van der Waals surface area (Å²) >= 11 is 0. The maximum absolute atomic E-state index is 13.1. The Morgan fingerprint density at radius 3 is 2.50 bits per heavy atom. The number of anilines is 1. The summed E-state index contributed by atoms with van der Waals surface area (Å²) in [6, 6.07) is 5.36. The van der Waals surface area contributed by atoms with Crippen molar-refractivity contribution in [3.05, 3.63) is 47.5 Å². The van der Waals surface area contributed by atoms with E-state index >= 15 is 0 Å². The molecule has 3 N–H and O–H groups in total. The van der Waals surface area contributed by atoms with Crippen LogP contribution in [0.4, 0.5) is 14.6 Å². The molecule has 0 atom stereocenters. The average molecular weight is 324 g/mol. The Kier molecular flexibility index (Phi) is 3.28. The van der Waals surface area contributed by atoms with Crippen molar-refractivity contribution in [2.24, 2.45) is 0 Å². The van der Waals surface area contributed by atoms with Crippen LogP contribution in [0.15, 0.2) is 35.4 Å². The highest BCUT2D eigenvalue weighted by molar-refractivity contribution is 7.90. The first-order valence-corrected chi connectivity index (χ1v) is 7.79. The van der Waals surface area contributed by atoms with Gasteiger partial charge in [-0.15, -0.1) is 0 Å². The molecule has 3 rings (SSSR count). The second-order valence-electron chi connectivity index (χ2n) is 4.69. The van der Waals surface area contributed by atoms with Gasteiger partial charge in [-0.25, -0.2) is 22.2 Å². The van der Waals surface area contributed by atoms with Crippen LogP contribution in [0.1, 0.15) is 5.56 Å². The van der Waals surface area contributed by atoms with Crippen molar-refractivity contribution < 1.29 is 17.2 Å². The maximum Gasteiger partial charge on any atom is 0.199 e. The smallest absolute Gasteiger partial charge is 0.199 e. The third-order valence-electron chi connectivity index (χ3n) is 3.01. The van der Waals surface area contributed by atoms with Gasteiger partial charge in [0.05, 0.1) is 11.3 Å². The van der Waals surface area contributed by atoms with Crippen molar-refractivity contribution in [1.29, 1.82) is 0 Å². The van der Waals surface area contributed by atoms with Crippen LogP contribution in [0.2, 0.25) is 0 Å². The van der Waals surface area contributed by atoms with E-state index in [4.69, 9.17) is 5.73 Å². The number of benzene rings is 1. The number of aromatic amines is 1. The fourth-order valence-electron chi connectivity index (χ4n) is 2.06. The standard InChI is InChI=1S/C13H10F2N4O2S/c14-8-3-7(4-9(15)5-8)6-22(20,21)11-2-1-10-12(17-11)13(16)19-18-10/h1-5H,6H2,(H3,16,18,19). The zero-order valence-corrected chi connectivity index (χ0v) is 11.9. The Bertz CT molecular complexity index is 949. The molecular formula is C13H10F2N4O2S. The minimum Gasteiger partial charge on any atom is -0.380 e. The topological polar surface area (TPSA) is 102 Å². The van der Waals surface area contributed by atoms with Crippen molar-refractivity contribution in [1.82, 2.24) is 15.2 Å². The minimum absolute atomic E-state index is 0.000405. The third-order valence-corrected chi connectivity index (χ3v) is 4.58. The molecule has 2 aromatic heterocycles. The van der Waals surface area contributed by atoms with Gasteiger partial charge in [-0.1, -0.05) is 0 Å². The molecule has 6 nitrogen and oxygen atoms in total. The molecule has 0 aliphatic heterocycles. The van der Waals surface area contributed by atoms with E-state index in [1.807, 2.05) is 0 Å². The van der Waals surface area contributed by atoms with Crippen LogP contribution in [-0.4, -0.2) is 23.6 Å². The van der Waals surface area contributed by atoms with Gasteiger partial charge in [0, 0.05) is 6.07 Å². The van der Waals surface area contributed by atoms with Crippen molar-refractivity contribution in [2.45, 2.75) is 10.8 Å². The van der Waals surface area contributed by atoms with Crippen LogP contribution in [0.25, 0.3) is 11.0 Å². The molecule has 0 radical (unpaired) electrons. The number of aromatic nitrogens is 3. The van der Waals surface area contributed by atoms with E-state index < -0.39 is 27.2 Å². The van der Waals surface area contributed by atoms with Gasteiger partial charge in [-0.05, 0) is 29.8 Å². The Balaban J connectivity index is 2.02. The number of nitrogens with zero attached hydrogens (tertiary/aromatic N) is 2. The van der Waals surface area contributed by atoms with Gasteiger partial charge in [0.25, 0.3) is 0 Å². The van der Waals surface area contributed by atoms with Gasteiger partial charge in [0.1, 0.15) is 17.2 Å². The van der Waals surface area contributed by atoms with Gasteiger partial charge in [-0.3, -0.25) is 5.10 Å². The number of H-pyrrole nitrogens is 1. The number of nitrogen functional groups attached to an aromatic ring is 1. The zero-order valence-electron chi connectivity index (χ0n) is 11.0. The summed E-state index contributed by atoms with van der Waals surface area (Å²) in [5.74, 6) is -2.18. The summed E-state index contributed by atoms with van der Waals surface area (Å²) in [5.41, 5.74) is 6.30. The van der Waals surface area contributed by atoms with E-state index in [1.54, 1.807) is 0 Å². The SMILES string of the molecule is Nc1n[nH]c2ccc(S(=O)(=O)Cc3cc(F)cc(F)c3)nc12. The average Bonchev–Trinajstić information content (AvgIpc) is 2.78. The first-order chi connectivity index (χ1) is 10.3. The summed E-state index contributed by atoms with van der Waals surface area (Å²) in [5, 5.41) is 6.08. The van der Waals surface area contributed by atoms with E-state index in [1.165, 1.54) is 12.1 Å². The summed E-state index contributed by atoms with van der Waals surface area (Å²) in [7, 11) is -3.87. The van der Waals surface area contributed by atoms with Crippen molar-refractivity contribution >= 4 is 26.7 Å². The maximum atomic E-state index is 13.1. The molecule has 0 fully saturated rings. The van der Waals surface area contributed by atoms with Crippen LogP contribution < -0.4 is 5.73 Å². The van der Waals surface area contributed by atoms with Crippen LogP contribution >= 0.6 is 0 Å². The number of hydrogen-bond acceptors (Lipinski definition) is 5. The Morgan fingerprint density at radius 2 is 1.82 bits per heavy atom.